The van der Waals surface area contributed by atoms with Crippen molar-refractivity contribution in [3.8, 4) is 0 Å². The molecule has 132 valence electrons. The van der Waals surface area contributed by atoms with E-state index in [0.29, 0.717) is 0 Å². The molecule has 10 heteroatoms. The Balaban J connectivity index is 4.91. The van der Waals surface area contributed by atoms with Crippen LogP contribution in [0.15, 0.2) is 0 Å². The molecule has 0 bridgehead atoms. The van der Waals surface area contributed by atoms with E-state index in [4.69, 9.17) is 16.6 Å². The van der Waals surface area contributed by atoms with E-state index in [1.165, 1.54) is 0 Å². The third-order valence-electron chi connectivity index (χ3n) is 3.07. The quantitative estimate of drug-likeness (QED) is 0.255. The fraction of sp³-hybridized carbons (Fsp3) is 0.692. The summed E-state index contributed by atoms with van der Waals surface area (Å²) in [7, 11) is 0. The largest absolute Gasteiger partial charge is 0.480 e. The molecule has 23 heavy (non-hydrogen) atoms. The van der Waals surface area contributed by atoms with Gasteiger partial charge in [0.25, 0.3) is 0 Å². The maximum Gasteiger partial charge on any atom is 0.326 e. The summed E-state index contributed by atoms with van der Waals surface area (Å²) in [5, 5.41) is 13.8. The Labute approximate surface area is 139 Å². The smallest absolute Gasteiger partial charge is 0.326 e. The number of aliphatic carboxylic acids is 1. The molecule has 0 aromatic heterocycles. The molecule has 7 N–H and O–H groups in total. The summed E-state index contributed by atoms with van der Waals surface area (Å²) in [5.74, 6) is -3.38. The summed E-state index contributed by atoms with van der Waals surface area (Å²) in [6.45, 7) is 3.38. The van der Waals surface area contributed by atoms with Gasteiger partial charge in [-0.15, -0.1) is 0 Å². The number of nitrogens with one attached hydrogen (secondary N) is 2. The average Bonchev–Trinajstić information content (AvgIpc) is 2.46. The Kier molecular flexibility index (Phi) is 9.27. The molecule has 0 radical (unpaired) electrons. The molecule has 0 heterocycles. The Morgan fingerprint density at radius 2 is 1.70 bits per heavy atom. The van der Waals surface area contributed by atoms with Gasteiger partial charge in [0.1, 0.15) is 12.1 Å². The van der Waals surface area contributed by atoms with Gasteiger partial charge in [-0.2, -0.15) is 12.6 Å². The van der Waals surface area contributed by atoms with Crippen LogP contribution in [0.2, 0.25) is 0 Å². The summed E-state index contributed by atoms with van der Waals surface area (Å²) in [4.78, 5) is 45.9. The topological polar surface area (TPSA) is 165 Å². The molecule has 3 amide bonds. The minimum Gasteiger partial charge on any atom is -0.480 e. The number of carbonyl (C=O) groups excluding carboxylic acids is 3. The Morgan fingerprint density at radius 3 is 2.09 bits per heavy atom. The van der Waals surface area contributed by atoms with E-state index in [1.54, 1.807) is 13.8 Å². The summed E-state index contributed by atoms with van der Waals surface area (Å²) in [5.41, 5.74) is 10.5. The van der Waals surface area contributed by atoms with E-state index in [-0.39, 0.29) is 24.5 Å². The molecule has 3 atom stereocenters. The number of amides is 3. The van der Waals surface area contributed by atoms with E-state index in [0.717, 1.165) is 0 Å². The Bertz CT molecular complexity index is 458. The zero-order valence-electron chi connectivity index (χ0n) is 13.1. The van der Waals surface area contributed by atoms with Crippen LogP contribution in [0.1, 0.15) is 26.7 Å². The lowest BCUT2D eigenvalue weighted by molar-refractivity contribution is -0.142. The highest BCUT2D eigenvalue weighted by Crippen LogP contribution is 2.05. The first-order chi connectivity index (χ1) is 10.6. The van der Waals surface area contributed by atoms with Crippen molar-refractivity contribution in [2.45, 2.75) is 44.8 Å². The van der Waals surface area contributed by atoms with Crippen LogP contribution in [0.5, 0.6) is 0 Å². The Hall–Kier alpha value is -1.81. The van der Waals surface area contributed by atoms with Gasteiger partial charge in [0.15, 0.2) is 0 Å². The van der Waals surface area contributed by atoms with Gasteiger partial charge < -0.3 is 27.2 Å². The maximum atomic E-state index is 12.2. The van der Waals surface area contributed by atoms with Crippen LogP contribution in [0, 0.1) is 5.92 Å². The molecular weight excluding hydrogens is 324 g/mol. The molecule has 0 unspecified atom stereocenters. The number of rotatable bonds is 10. The molecule has 0 saturated carbocycles. The summed E-state index contributed by atoms with van der Waals surface area (Å²) in [6, 6.07) is -3.10. The van der Waals surface area contributed by atoms with Gasteiger partial charge in [-0.1, -0.05) is 13.8 Å². The molecule has 0 aliphatic heterocycles. The van der Waals surface area contributed by atoms with Gasteiger partial charge in [-0.3, -0.25) is 14.4 Å². The van der Waals surface area contributed by atoms with Gasteiger partial charge in [0, 0.05) is 12.2 Å². The third kappa shape index (κ3) is 7.84. The SMILES string of the molecule is CC(C)[C@H](NC(=O)[C@@H](N)CS)C(=O)N[C@@H](CCC(N)=O)C(=O)O. The van der Waals surface area contributed by atoms with Crippen molar-refractivity contribution in [1.29, 1.82) is 0 Å². The lowest BCUT2D eigenvalue weighted by Crippen LogP contribution is -2.56. The normalized spacial score (nSPS) is 14.7. The van der Waals surface area contributed by atoms with Crippen molar-refractivity contribution < 1.29 is 24.3 Å². The molecule has 0 fully saturated rings. The van der Waals surface area contributed by atoms with Crippen LogP contribution in [0.4, 0.5) is 0 Å². The molecule has 0 saturated heterocycles. The van der Waals surface area contributed by atoms with Gasteiger partial charge in [0.2, 0.25) is 17.7 Å². The van der Waals surface area contributed by atoms with Gasteiger partial charge in [-0.25, -0.2) is 4.79 Å². The Morgan fingerprint density at radius 1 is 1.13 bits per heavy atom. The second kappa shape index (κ2) is 10.1. The molecule has 9 nitrogen and oxygen atoms in total. The number of carboxylic acids is 1. The van der Waals surface area contributed by atoms with Crippen molar-refractivity contribution in [3.63, 3.8) is 0 Å². The minimum atomic E-state index is -1.29. The predicted molar refractivity (Wildman–Crippen MR) is 86.6 cm³/mol. The number of hydrogen-bond donors (Lipinski definition) is 6. The fourth-order valence-electron chi connectivity index (χ4n) is 1.68. The van der Waals surface area contributed by atoms with Crippen LogP contribution in [0.25, 0.3) is 0 Å². The molecule has 0 spiro atoms. The van der Waals surface area contributed by atoms with E-state index in [2.05, 4.69) is 23.3 Å². The summed E-state index contributed by atoms with van der Waals surface area (Å²) < 4.78 is 0. The first-order valence-corrected chi connectivity index (χ1v) is 7.71. The molecular formula is C13H24N4O5S. The number of carbonyl (C=O) groups is 4. The third-order valence-corrected chi connectivity index (χ3v) is 3.47. The van der Waals surface area contributed by atoms with Crippen molar-refractivity contribution in [3.05, 3.63) is 0 Å². The van der Waals surface area contributed by atoms with Gasteiger partial charge in [0.05, 0.1) is 6.04 Å². The van der Waals surface area contributed by atoms with E-state index in [1.807, 2.05) is 0 Å². The molecule has 0 aliphatic rings. The highest BCUT2D eigenvalue weighted by atomic mass is 32.1. The first-order valence-electron chi connectivity index (χ1n) is 7.08. The lowest BCUT2D eigenvalue weighted by atomic mass is 10.0. The number of thiol groups is 1. The van der Waals surface area contributed by atoms with Crippen LogP contribution in [-0.4, -0.2) is 52.7 Å². The van der Waals surface area contributed by atoms with Crippen LogP contribution in [0.3, 0.4) is 0 Å². The van der Waals surface area contributed by atoms with Crippen molar-refractivity contribution in [2.75, 3.05) is 5.75 Å². The van der Waals surface area contributed by atoms with Crippen LogP contribution >= 0.6 is 12.6 Å². The predicted octanol–water partition coefficient (Wildman–Crippen LogP) is -1.78. The average molecular weight is 348 g/mol. The number of nitrogens with two attached hydrogens (primary N) is 2. The van der Waals surface area contributed by atoms with Gasteiger partial charge >= 0.3 is 5.97 Å². The fourth-order valence-corrected chi connectivity index (χ4v) is 1.85. The van der Waals surface area contributed by atoms with E-state index < -0.39 is 41.8 Å². The van der Waals surface area contributed by atoms with Gasteiger partial charge in [-0.05, 0) is 12.3 Å². The highest BCUT2D eigenvalue weighted by molar-refractivity contribution is 7.80. The van der Waals surface area contributed by atoms with Crippen molar-refractivity contribution in [2.24, 2.45) is 17.4 Å². The zero-order chi connectivity index (χ0) is 18.2. The second-order valence-corrected chi connectivity index (χ2v) is 5.79. The maximum absolute atomic E-state index is 12.2. The van der Waals surface area contributed by atoms with E-state index >= 15 is 0 Å². The lowest BCUT2D eigenvalue weighted by Gasteiger charge is -2.25. The second-order valence-electron chi connectivity index (χ2n) is 5.42. The van der Waals surface area contributed by atoms with Crippen molar-refractivity contribution >= 4 is 36.3 Å². The van der Waals surface area contributed by atoms with Crippen molar-refractivity contribution in [1.82, 2.24) is 10.6 Å². The minimum absolute atomic E-state index is 0.106. The molecule has 0 aromatic carbocycles. The number of carboxylic acid groups (broad SMARTS) is 1. The monoisotopic (exact) mass is 348 g/mol. The van der Waals surface area contributed by atoms with E-state index in [9.17, 15) is 19.2 Å². The number of primary amides is 1. The molecule has 0 aromatic rings. The van der Waals surface area contributed by atoms with Crippen LogP contribution < -0.4 is 22.1 Å². The molecule has 0 rings (SSSR count). The summed E-state index contributed by atoms with van der Waals surface area (Å²) in [6.07, 6.45) is -0.314. The first kappa shape index (κ1) is 21.2. The summed E-state index contributed by atoms with van der Waals surface area (Å²) >= 11 is 3.90. The molecule has 0 aliphatic carbocycles. The number of hydrogen-bond acceptors (Lipinski definition) is 6. The highest BCUT2D eigenvalue weighted by Gasteiger charge is 2.29. The zero-order valence-corrected chi connectivity index (χ0v) is 14.0. The standard InChI is InChI=1S/C13H24N4O5S/c1-6(2)10(17-11(19)7(14)5-23)12(20)16-8(13(21)22)3-4-9(15)18/h6-8,10,23H,3-5,14H2,1-2H3,(H2,15,18)(H,16,20)(H,17,19)(H,21,22)/t7-,8-,10-/m0/s1. The van der Waals surface area contributed by atoms with Crippen LogP contribution in [-0.2, 0) is 19.2 Å².